The maximum absolute atomic E-state index is 11.5. The zero-order valence-electron chi connectivity index (χ0n) is 17.0. The van der Waals surface area contributed by atoms with E-state index in [1.54, 1.807) is 13.1 Å². The number of hydrogen-bond acceptors (Lipinski definition) is 4. The zero-order chi connectivity index (χ0) is 20.6. The van der Waals surface area contributed by atoms with Crippen molar-refractivity contribution in [1.82, 2.24) is 4.98 Å². The Labute approximate surface area is 171 Å². The highest BCUT2D eigenvalue weighted by molar-refractivity contribution is 5.83. The number of rotatable bonds is 6. The summed E-state index contributed by atoms with van der Waals surface area (Å²) in [5.41, 5.74) is 6.12. The number of carbonyl (C=O) groups excluding carboxylic acids is 1. The molecule has 0 radical (unpaired) electrons. The van der Waals surface area contributed by atoms with Crippen LogP contribution in [0.2, 0.25) is 0 Å². The molecule has 1 aromatic carbocycles. The summed E-state index contributed by atoms with van der Waals surface area (Å²) in [6.07, 6.45) is 11.3. The minimum Gasteiger partial charge on any atom is -0.488 e. The van der Waals surface area contributed by atoms with Gasteiger partial charge in [-0.05, 0) is 73.9 Å². The van der Waals surface area contributed by atoms with E-state index < -0.39 is 0 Å². The van der Waals surface area contributed by atoms with Gasteiger partial charge in [-0.1, -0.05) is 24.3 Å². The highest BCUT2D eigenvalue weighted by Crippen LogP contribution is 2.32. The molecule has 0 N–H and O–H groups in total. The van der Waals surface area contributed by atoms with Gasteiger partial charge in [0.1, 0.15) is 12.4 Å². The number of hydrogen-bond donors (Lipinski definition) is 0. The van der Waals surface area contributed by atoms with Crippen molar-refractivity contribution in [3.05, 3.63) is 89.2 Å². The fourth-order valence-corrected chi connectivity index (χ4v) is 2.97. The number of pyridine rings is 1. The molecule has 0 unspecified atom stereocenters. The normalized spacial score (nSPS) is 14.2. The number of esters is 1. The molecular weight excluding hydrogens is 362 g/mol. The summed E-state index contributed by atoms with van der Waals surface area (Å²) in [5, 5.41) is 0. The first-order chi connectivity index (χ1) is 14.1. The lowest BCUT2D eigenvalue weighted by Gasteiger charge is -2.19. The van der Waals surface area contributed by atoms with Crippen molar-refractivity contribution in [2.45, 2.75) is 20.8 Å². The molecule has 3 rings (SSSR count). The first-order valence-corrected chi connectivity index (χ1v) is 9.66. The molecule has 1 aliphatic heterocycles. The summed E-state index contributed by atoms with van der Waals surface area (Å²) in [6, 6.07) is 12.0. The second-order valence-corrected chi connectivity index (χ2v) is 6.78. The Hall–Kier alpha value is -3.40. The van der Waals surface area contributed by atoms with E-state index in [9.17, 15) is 4.79 Å². The van der Waals surface area contributed by atoms with Gasteiger partial charge in [-0.2, -0.15) is 0 Å². The van der Waals surface area contributed by atoms with Crippen molar-refractivity contribution in [1.29, 1.82) is 0 Å². The van der Waals surface area contributed by atoms with Crippen molar-refractivity contribution in [3.63, 3.8) is 0 Å². The molecule has 0 spiro atoms. The van der Waals surface area contributed by atoms with Gasteiger partial charge < -0.3 is 9.47 Å². The predicted octanol–water partition coefficient (Wildman–Crippen LogP) is 5.54. The molecule has 0 bridgehead atoms. The van der Waals surface area contributed by atoms with E-state index in [1.165, 1.54) is 6.08 Å². The number of ether oxygens (including phenoxy) is 2. The van der Waals surface area contributed by atoms with E-state index in [0.29, 0.717) is 13.2 Å². The lowest BCUT2D eigenvalue weighted by atomic mass is 9.99. The van der Waals surface area contributed by atoms with Gasteiger partial charge in [0.25, 0.3) is 0 Å². The summed E-state index contributed by atoms with van der Waals surface area (Å²) in [5.74, 6) is 0.559. The van der Waals surface area contributed by atoms with Gasteiger partial charge in [-0.15, -0.1) is 0 Å². The Morgan fingerprint density at radius 3 is 2.86 bits per heavy atom. The standard InChI is InChI=1S/C25H25NO3/c1-4-28-25(27)14-18(2)8-7-9-19(3)22-16-21-15-20(11-12-24(21)29-17-22)23-10-5-6-13-26-23/h5-16H,4,17H2,1-3H3/b8-7+,18-14+,19-9+. The Balaban J connectivity index is 1.77. The topological polar surface area (TPSA) is 48.4 Å². The van der Waals surface area contributed by atoms with E-state index in [2.05, 4.69) is 24.1 Å². The molecule has 2 heterocycles. The summed E-state index contributed by atoms with van der Waals surface area (Å²) in [4.78, 5) is 15.9. The van der Waals surface area contributed by atoms with Crippen LogP contribution in [-0.2, 0) is 9.53 Å². The van der Waals surface area contributed by atoms with Gasteiger partial charge in [0.15, 0.2) is 0 Å². The number of benzene rings is 1. The van der Waals surface area contributed by atoms with Gasteiger partial charge >= 0.3 is 5.97 Å². The summed E-state index contributed by atoms with van der Waals surface area (Å²) >= 11 is 0. The van der Waals surface area contributed by atoms with Crippen LogP contribution in [0.5, 0.6) is 5.75 Å². The van der Waals surface area contributed by atoms with Crippen LogP contribution in [0, 0.1) is 0 Å². The molecule has 0 fully saturated rings. The van der Waals surface area contributed by atoms with Crippen molar-refractivity contribution in [2.24, 2.45) is 0 Å². The average Bonchev–Trinajstić information content (AvgIpc) is 2.73. The van der Waals surface area contributed by atoms with Gasteiger partial charge in [-0.25, -0.2) is 4.79 Å². The van der Waals surface area contributed by atoms with Gasteiger partial charge in [0.2, 0.25) is 0 Å². The molecule has 1 aromatic heterocycles. The largest absolute Gasteiger partial charge is 0.488 e. The van der Waals surface area contributed by atoms with E-state index in [0.717, 1.165) is 39.3 Å². The molecule has 2 aromatic rings. The number of carbonyl (C=O) groups is 1. The quantitative estimate of drug-likeness (QED) is 0.371. The van der Waals surface area contributed by atoms with Crippen LogP contribution < -0.4 is 4.74 Å². The maximum atomic E-state index is 11.5. The molecule has 0 saturated heterocycles. The van der Waals surface area contributed by atoms with Crippen LogP contribution >= 0.6 is 0 Å². The van der Waals surface area contributed by atoms with Gasteiger partial charge in [0.05, 0.1) is 12.3 Å². The van der Waals surface area contributed by atoms with Gasteiger partial charge in [-0.3, -0.25) is 4.98 Å². The van der Waals surface area contributed by atoms with Crippen LogP contribution in [0.25, 0.3) is 17.3 Å². The van der Waals surface area contributed by atoms with E-state index in [-0.39, 0.29) is 5.97 Å². The number of fused-ring (bicyclic) bond motifs is 1. The third kappa shape index (κ3) is 5.55. The lowest BCUT2D eigenvalue weighted by molar-refractivity contribution is -0.137. The average molecular weight is 387 g/mol. The predicted molar refractivity (Wildman–Crippen MR) is 116 cm³/mol. The molecule has 4 nitrogen and oxygen atoms in total. The van der Waals surface area contributed by atoms with Crippen molar-refractivity contribution >= 4 is 12.0 Å². The Bertz CT molecular complexity index is 998. The highest BCUT2D eigenvalue weighted by atomic mass is 16.5. The highest BCUT2D eigenvalue weighted by Gasteiger charge is 2.13. The third-order valence-electron chi connectivity index (χ3n) is 4.53. The number of allylic oxidation sites excluding steroid dienone is 4. The summed E-state index contributed by atoms with van der Waals surface area (Å²) < 4.78 is 10.8. The fraction of sp³-hybridized carbons (Fsp3) is 0.200. The first kappa shape index (κ1) is 20.3. The van der Waals surface area contributed by atoms with Crippen LogP contribution in [0.15, 0.2) is 83.6 Å². The smallest absolute Gasteiger partial charge is 0.330 e. The molecule has 29 heavy (non-hydrogen) atoms. The molecule has 4 heteroatoms. The zero-order valence-corrected chi connectivity index (χ0v) is 17.0. The molecule has 1 aliphatic rings. The third-order valence-corrected chi connectivity index (χ3v) is 4.53. The second kappa shape index (κ2) is 9.69. The molecule has 148 valence electrons. The Kier molecular flexibility index (Phi) is 6.80. The summed E-state index contributed by atoms with van der Waals surface area (Å²) in [6.45, 7) is 6.62. The van der Waals surface area contributed by atoms with Gasteiger partial charge in [0, 0.05) is 23.4 Å². The van der Waals surface area contributed by atoms with E-state index in [4.69, 9.17) is 9.47 Å². The first-order valence-electron chi connectivity index (χ1n) is 9.66. The molecule has 0 amide bonds. The number of nitrogens with zero attached hydrogens (tertiary/aromatic N) is 1. The van der Waals surface area contributed by atoms with Crippen molar-refractivity contribution in [2.75, 3.05) is 13.2 Å². The SMILES string of the molecule is CCOC(=O)/C=C(C)/C=C/C=C(\C)C1=Cc2cc(-c3ccccn3)ccc2OC1. The minimum atomic E-state index is -0.320. The van der Waals surface area contributed by atoms with Crippen LogP contribution in [0.1, 0.15) is 26.3 Å². The van der Waals surface area contributed by atoms with Crippen molar-refractivity contribution in [3.8, 4) is 17.0 Å². The van der Waals surface area contributed by atoms with Crippen LogP contribution in [-0.4, -0.2) is 24.2 Å². The lowest BCUT2D eigenvalue weighted by Crippen LogP contribution is -2.08. The monoisotopic (exact) mass is 387 g/mol. The molecule has 0 atom stereocenters. The molecule has 0 aliphatic carbocycles. The maximum Gasteiger partial charge on any atom is 0.330 e. The fourth-order valence-electron chi connectivity index (χ4n) is 2.97. The minimum absolute atomic E-state index is 0.320. The van der Waals surface area contributed by atoms with E-state index >= 15 is 0 Å². The Morgan fingerprint density at radius 2 is 2.10 bits per heavy atom. The summed E-state index contributed by atoms with van der Waals surface area (Å²) in [7, 11) is 0. The van der Waals surface area contributed by atoms with Crippen LogP contribution in [0.3, 0.4) is 0 Å². The van der Waals surface area contributed by atoms with Crippen LogP contribution in [0.4, 0.5) is 0 Å². The van der Waals surface area contributed by atoms with Crippen molar-refractivity contribution < 1.29 is 14.3 Å². The number of aromatic nitrogens is 1. The van der Waals surface area contributed by atoms with E-state index in [1.807, 2.05) is 55.5 Å². The second-order valence-electron chi connectivity index (χ2n) is 6.78. The molecule has 0 saturated carbocycles. The molecular formula is C25H25NO3. The Morgan fingerprint density at radius 1 is 1.24 bits per heavy atom.